The van der Waals surface area contributed by atoms with Crippen LogP contribution in [0.25, 0.3) is 0 Å². The summed E-state index contributed by atoms with van der Waals surface area (Å²) in [7, 11) is -1.60. The van der Waals surface area contributed by atoms with Crippen LogP contribution in [-0.2, 0) is 16.4 Å². The summed E-state index contributed by atoms with van der Waals surface area (Å²) in [5.74, 6) is 0.619. The number of sulfone groups is 1. The molecule has 2 N–H and O–H groups in total. The van der Waals surface area contributed by atoms with Gasteiger partial charge in [0.15, 0.2) is 15.8 Å². The maximum absolute atomic E-state index is 12.1. The number of hydrogen-bond acceptors (Lipinski definition) is 4. The molecule has 2 rings (SSSR count). The number of rotatable bonds is 6. The van der Waals surface area contributed by atoms with E-state index in [0.29, 0.717) is 23.9 Å². The monoisotopic (exact) mass is 337 g/mol. The van der Waals surface area contributed by atoms with E-state index in [1.807, 2.05) is 17.5 Å². The summed E-state index contributed by atoms with van der Waals surface area (Å²) in [5, 5.41) is 8.19. The second-order valence-electron chi connectivity index (χ2n) is 4.56. The molecule has 7 heteroatoms. The second kappa shape index (κ2) is 7.95. The molecule has 0 amide bonds. The Kier molecular flexibility index (Phi) is 5.97. The molecule has 0 atom stereocenters. The average molecular weight is 337 g/mol. The molecule has 1 heterocycles. The second-order valence-corrected chi connectivity index (χ2v) is 7.71. The summed E-state index contributed by atoms with van der Waals surface area (Å²) < 4.78 is 24.3. The van der Waals surface area contributed by atoms with Gasteiger partial charge >= 0.3 is 0 Å². The molecule has 0 spiro atoms. The summed E-state index contributed by atoms with van der Waals surface area (Å²) in [6.45, 7) is 0.976. The molecule has 0 radical (unpaired) electrons. The number of thiophene rings is 1. The zero-order valence-corrected chi connectivity index (χ0v) is 14.0. The number of nitrogens with one attached hydrogen (secondary N) is 2. The first-order valence-corrected chi connectivity index (χ1v) is 9.40. The highest BCUT2D eigenvalue weighted by Gasteiger charge is 2.13. The van der Waals surface area contributed by atoms with Gasteiger partial charge in [0, 0.05) is 18.5 Å². The van der Waals surface area contributed by atoms with E-state index in [4.69, 9.17) is 0 Å². The number of hydrogen-bond donors (Lipinski definition) is 2. The van der Waals surface area contributed by atoms with Crippen molar-refractivity contribution in [2.75, 3.05) is 19.3 Å². The van der Waals surface area contributed by atoms with E-state index in [0.717, 1.165) is 0 Å². The van der Waals surface area contributed by atoms with Crippen LogP contribution in [0.15, 0.2) is 57.7 Å². The molecule has 0 fully saturated rings. The van der Waals surface area contributed by atoms with Crippen LogP contribution < -0.4 is 10.6 Å². The first-order valence-electron chi connectivity index (χ1n) is 6.86. The zero-order chi connectivity index (χ0) is 15.8. The number of benzene rings is 1. The molecule has 0 aliphatic rings. The van der Waals surface area contributed by atoms with Crippen LogP contribution in [-0.4, -0.2) is 33.7 Å². The van der Waals surface area contributed by atoms with E-state index in [9.17, 15) is 8.42 Å². The van der Waals surface area contributed by atoms with Gasteiger partial charge in [-0.25, -0.2) is 8.42 Å². The highest BCUT2D eigenvalue weighted by Crippen LogP contribution is 2.09. The van der Waals surface area contributed by atoms with Crippen molar-refractivity contribution < 1.29 is 8.42 Å². The van der Waals surface area contributed by atoms with E-state index in [-0.39, 0.29) is 5.75 Å². The van der Waals surface area contributed by atoms with Gasteiger partial charge in [0.25, 0.3) is 0 Å². The van der Waals surface area contributed by atoms with Gasteiger partial charge in [0.1, 0.15) is 0 Å². The Balaban J connectivity index is 1.81. The highest BCUT2D eigenvalue weighted by molar-refractivity contribution is 7.91. The van der Waals surface area contributed by atoms with Crippen LogP contribution in [0.2, 0.25) is 0 Å². The van der Waals surface area contributed by atoms with Crippen molar-refractivity contribution in [3.05, 3.63) is 52.7 Å². The maximum atomic E-state index is 12.1. The van der Waals surface area contributed by atoms with Crippen LogP contribution in [0.5, 0.6) is 0 Å². The lowest BCUT2D eigenvalue weighted by molar-refractivity contribution is 0.594. The van der Waals surface area contributed by atoms with Gasteiger partial charge in [-0.15, -0.1) is 11.3 Å². The molecular weight excluding hydrogens is 318 g/mol. The minimum absolute atomic E-state index is 0.0245. The lowest BCUT2D eigenvalue weighted by Gasteiger charge is -2.11. The first kappa shape index (κ1) is 16.5. The van der Waals surface area contributed by atoms with E-state index in [1.165, 1.54) is 4.88 Å². The van der Waals surface area contributed by atoms with Crippen molar-refractivity contribution in [1.82, 2.24) is 10.6 Å². The maximum Gasteiger partial charge on any atom is 0.191 e. The fourth-order valence-electron chi connectivity index (χ4n) is 1.85. The Morgan fingerprint density at radius 1 is 1.14 bits per heavy atom. The van der Waals surface area contributed by atoms with Gasteiger partial charge in [-0.05, 0) is 23.6 Å². The molecule has 2 aromatic rings. The third kappa shape index (κ3) is 4.85. The fraction of sp³-hybridized carbons (Fsp3) is 0.267. The largest absolute Gasteiger partial charge is 0.355 e. The summed E-state index contributed by atoms with van der Waals surface area (Å²) >= 11 is 1.66. The Hall–Kier alpha value is -1.86. The molecule has 0 unspecified atom stereocenters. The molecule has 0 aliphatic carbocycles. The molecule has 0 aliphatic heterocycles. The topological polar surface area (TPSA) is 70.6 Å². The van der Waals surface area contributed by atoms with E-state index < -0.39 is 9.84 Å². The van der Waals surface area contributed by atoms with Crippen LogP contribution in [0.1, 0.15) is 4.88 Å². The SMILES string of the molecule is CN=C(NCCS(=O)(=O)c1ccccc1)NCc1cccs1. The molecule has 1 aromatic carbocycles. The zero-order valence-electron chi connectivity index (χ0n) is 12.3. The van der Waals surface area contributed by atoms with Crippen LogP contribution in [0.3, 0.4) is 0 Å². The third-order valence-electron chi connectivity index (χ3n) is 3.00. The van der Waals surface area contributed by atoms with E-state index in [1.54, 1.807) is 48.7 Å². The standard InChI is InChI=1S/C15H19N3O2S2/c1-16-15(18-12-13-6-5-10-21-13)17-9-11-22(19,20)14-7-3-2-4-8-14/h2-8,10H,9,11-12H2,1H3,(H2,16,17,18). The molecule has 0 saturated carbocycles. The summed E-state index contributed by atoms with van der Waals surface area (Å²) in [6, 6.07) is 12.5. The Labute approximate surface area is 135 Å². The Morgan fingerprint density at radius 2 is 1.91 bits per heavy atom. The van der Waals surface area contributed by atoms with Gasteiger partial charge in [-0.3, -0.25) is 4.99 Å². The van der Waals surface area contributed by atoms with E-state index >= 15 is 0 Å². The summed E-state index contributed by atoms with van der Waals surface area (Å²) in [5.41, 5.74) is 0. The smallest absolute Gasteiger partial charge is 0.191 e. The van der Waals surface area contributed by atoms with Crippen molar-refractivity contribution in [3.8, 4) is 0 Å². The molecule has 1 aromatic heterocycles. The minimum atomic E-state index is -3.27. The lowest BCUT2D eigenvalue weighted by Crippen LogP contribution is -2.39. The van der Waals surface area contributed by atoms with Gasteiger partial charge in [0.2, 0.25) is 0 Å². The molecule has 118 valence electrons. The number of aliphatic imine (C=N–C) groups is 1. The quantitative estimate of drug-likeness (QED) is 0.624. The summed E-state index contributed by atoms with van der Waals surface area (Å²) in [6.07, 6.45) is 0. The fourth-order valence-corrected chi connectivity index (χ4v) is 3.68. The van der Waals surface area contributed by atoms with E-state index in [2.05, 4.69) is 15.6 Å². The van der Waals surface area contributed by atoms with Crippen LogP contribution >= 0.6 is 11.3 Å². The average Bonchev–Trinajstić information content (AvgIpc) is 3.05. The number of guanidine groups is 1. The van der Waals surface area contributed by atoms with Crippen molar-refractivity contribution in [2.24, 2.45) is 4.99 Å². The normalized spacial score (nSPS) is 12.1. The Morgan fingerprint density at radius 3 is 2.55 bits per heavy atom. The van der Waals surface area contributed by atoms with Gasteiger partial charge < -0.3 is 10.6 Å². The van der Waals surface area contributed by atoms with Gasteiger partial charge in [0.05, 0.1) is 17.2 Å². The summed E-state index contributed by atoms with van der Waals surface area (Å²) in [4.78, 5) is 5.62. The van der Waals surface area contributed by atoms with Crippen molar-refractivity contribution in [1.29, 1.82) is 0 Å². The van der Waals surface area contributed by atoms with Crippen LogP contribution in [0, 0.1) is 0 Å². The Bertz CT molecular complexity index is 696. The molecule has 5 nitrogen and oxygen atoms in total. The number of nitrogens with zero attached hydrogens (tertiary/aromatic N) is 1. The molecular formula is C15H19N3O2S2. The van der Waals surface area contributed by atoms with Crippen molar-refractivity contribution in [3.63, 3.8) is 0 Å². The van der Waals surface area contributed by atoms with Crippen LogP contribution in [0.4, 0.5) is 0 Å². The van der Waals surface area contributed by atoms with Gasteiger partial charge in [-0.2, -0.15) is 0 Å². The highest BCUT2D eigenvalue weighted by atomic mass is 32.2. The first-order chi connectivity index (χ1) is 10.6. The predicted octanol–water partition coefficient (Wildman–Crippen LogP) is 1.89. The lowest BCUT2D eigenvalue weighted by atomic mass is 10.4. The molecule has 0 bridgehead atoms. The predicted molar refractivity (Wildman–Crippen MR) is 91.0 cm³/mol. The minimum Gasteiger partial charge on any atom is -0.355 e. The third-order valence-corrected chi connectivity index (χ3v) is 5.61. The van der Waals surface area contributed by atoms with Gasteiger partial charge in [-0.1, -0.05) is 24.3 Å². The van der Waals surface area contributed by atoms with Crippen molar-refractivity contribution >= 4 is 27.1 Å². The molecule has 22 heavy (non-hydrogen) atoms. The molecule has 0 saturated heterocycles. The van der Waals surface area contributed by atoms with Crippen molar-refractivity contribution in [2.45, 2.75) is 11.4 Å².